The number of aromatic hydroxyl groups is 1. The lowest BCUT2D eigenvalue weighted by Gasteiger charge is -2.26. The number of hydrogen-bond acceptors (Lipinski definition) is 7. The van der Waals surface area contributed by atoms with E-state index in [9.17, 15) is 29.4 Å². The molecule has 0 saturated heterocycles. The number of amides is 3. The molecule has 4 atom stereocenters. The number of carboxylic acid groups (broad SMARTS) is 1. The average Bonchev–Trinajstić information content (AvgIpc) is 2.82. The number of aliphatic carboxylic acids is 1. The van der Waals surface area contributed by atoms with E-state index in [0.717, 1.165) is 0 Å². The van der Waals surface area contributed by atoms with Crippen LogP contribution in [0.4, 0.5) is 0 Å². The summed E-state index contributed by atoms with van der Waals surface area (Å²) in [5.41, 5.74) is 12.1. The van der Waals surface area contributed by atoms with Gasteiger partial charge in [0.15, 0.2) is 0 Å². The maximum absolute atomic E-state index is 13.3. The number of carbonyl (C=O) groups is 4. The smallest absolute Gasteiger partial charge is 0.326 e. The summed E-state index contributed by atoms with van der Waals surface area (Å²) in [6.45, 7) is 8.10. The van der Waals surface area contributed by atoms with Crippen LogP contribution in [-0.2, 0) is 25.6 Å². The second-order valence-corrected chi connectivity index (χ2v) is 10.5. The van der Waals surface area contributed by atoms with Gasteiger partial charge >= 0.3 is 5.97 Å². The summed E-state index contributed by atoms with van der Waals surface area (Å²) in [5, 5.41) is 27.1. The molecule has 0 aliphatic rings. The number of phenolic OH excluding ortho intramolecular Hbond substituents is 1. The highest BCUT2D eigenvalue weighted by atomic mass is 16.4. The van der Waals surface area contributed by atoms with Crippen LogP contribution in [0, 0.1) is 11.8 Å². The van der Waals surface area contributed by atoms with E-state index in [4.69, 9.17) is 11.5 Å². The van der Waals surface area contributed by atoms with Crippen molar-refractivity contribution in [1.82, 2.24) is 16.0 Å². The molecule has 1 aromatic carbocycles. The molecule has 214 valence electrons. The topological polar surface area (TPSA) is 197 Å². The molecular weight excluding hydrogens is 490 g/mol. The monoisotopic (exact) mass is 535 g/mol. The largest absolute Gasteiger partial charge is 0.508 e. The minimum absolute atomic E-state index is 0.0436. The van der Waals surface area contributed by atoms with E-state index < -0.39 is 47.9 Å². The molecule has 0 aromatic heterocycles. The fourth-order valence-electron chi connectivity index (χ4n) is 3.97. The Morgan fingerprint density at radius 2 is 1.32 bits per heavy atom. The van der Waals surface area contributed by atoms with Crippen molar-refractivity contribution < 1.29 is 29.4 Å². The number of phenols is 1. The second kappa shape index (κ2) is 16.6. The van der Waals surface area contributed by atoms with Gasteiger partial charge in [0.1, 0.15) is 23.9 Å². The van der Waals surface area contributed by atoms with E-state index in [1.165, 1.54) is 12.1 Å². The fourth-order valence-corrected chi connectivity index (χ4v) is 3.97. The van der Waals surface area contributed by atoms with Gasteiger partial charge in [0.05, 0.1) is 6.04 Å². The van der Waals surface area contributed by atoms with Gasteiger partial charge in [0.2, 0.25) is 17.7 Å². The van der Waals surface area contributed by atoms with Crippen LogP contribution in [0.5, 0.6) is 5.75 Å². The predicted octanol–water partition coefficient (Wildman–Crippen LogP) is 1.02. The first-order chi connectivity index (χ1) is 17.8. The van der Waals surface area contributed by atoms with E-state index in [-0.39, 0.29) is 30.4 Å². The zero-order valence-corrected chi connectivity index (χ0v) is 22.9. The highest BCUT2D eigenvalue weighted by molar-refractivity contribution is 5.94. The molecule has 0 spiro atoms. The fraction of sp³-hybridized carbons (Fsp3) is 0.630. The van der Waals surface area contributed by atoms with Crippen molar-refractivity contribution in [3.8, 4) is 5.75 Å². The van der Waals surface area contributed by atoms with Gasteiger partial charge in [-0.1, -0.05) is 39.8 Å². The molecule has 0 saturated carbocycles. The molecule has 38 heavy (non-hydrogen) atoms. The number of rotatable bonds is 17. The van der Waals surface area contributed by atoms with E-state index in [1.54, 1.807) is 12.1 Å². The summed E-state index contributed by atoms with van der Waals surface area (Å²) in [5.74, 6) is -2.59. The van der Waals surface area contributed by atoms with Gasteiger partial charge in [0.25, 0.3) is 0 Å². The van der Waals surface area contributed by atoms with Crippen LogP contribution in [-0.4, -0.2) is 64.6 Å². The van der Waals surface area contributed by atoms with Crippen molar-refractivity contribution >= 4 is 23.7 Å². The number of carbonyl (C=O) groups excluding carboxylic acids is 3. The van der Waals surface area contributed by atoms with E-state index in [0.29, 0.717) is 37.8 Å². The minimum atomic E-state index is -1.19. The Morgan fingerprint density at radius 1 is 0.789 bits per heavy atom. The van der Waals surface area contributed by atoms with Crippen molar-refractivity contribution in [3.05, 3.63) is 29.8 Å². The molecule has 0 aliphatic carbocycles. The van der Waals surface area contributed by atoms with Gasteiger partial charge in [-0.15, -0.1) is 0 Å². The molecule has 1 rings (SSSR count). The molecule has 11 nitrogen and oxygen atoms in total. The lowest BCUT2D eigenvalue weighted by Crippen LogP contribution is -2.58. The number of hydrogen-bond donors (Lipinski definition) is 7. The van der Waals surface area contributed by atoms with Crippen molar-refractivity contribution in [2.75, 3.05) is 6.54 Å². The molecule has 1 aromatic rings. The van der Waals surface area contributed by atoms with E-state index in [2.05, 4.69) is 16.0 Å². The summed E-state index contributed by atoms with van der Waals surface area (Å²) in [7, 11) is 0. The van der Waals surface area contributed by atoms with Gasteiger partial charge in [-0.25, -0.2) is 4.79 Å². The van der Waals surface area contributed by atoms with Gasteiger partial charge in [-0.2, -0.15) is 0 Å². The number of nitrogens with one attached hydrogen (secondary N) is 3. The Hall–Kier alpha value is -3.18. The molecule has 0 heterocycles. The Labute approximate surface area is 225 Å². The third-order valence-corrected chi connectivity index (χ3v) is 5.97. The maximum atomic E-state index is 13.3. The van der Waals surface area contributed by atoms with Crippen LogP contribution in [0.3, 0.4) is 0 Å². The van der Waals surface area contributed by atoms with Gasteiger partial charge in [-0.3, -0.25) is 14.4 Å². The summed E-state index contributed by atoms with van der Waals surface area (Å²) in [4.78, 5) is 51.0. The normalized spacial score (nSPS) is 14.4. The SMILES string of the molecule is CC(C)CC(N)C(=O)NC(CC(C)C)C(=O)NC(Cc1ccc(O)cc1)C(=O)NC(CCCCN)C(=O)O. The first-order valence-electron chi connectivity index (χ1n) is 13.2. The zero-order chi connectivity index (χ0) is 28.8. The van der Waals surface area contributed by atoms with Crippen molar-refractivity contribution in [3.63, 3.8) is 0 Å². The van der Waals surface area contributed by atoms with Crippen molar-refractivity contribution in [2.45, 2.75) is 90.4 Å². The number of carboxylic acids is 1. The van der Waals surface area contributed by atoms with Crippen LogP contribution >= 0.6 is 0 Å². The van der Waals surface area contributed by atoms with Crippen LogP contribution in [0.15, 0.2) is 24.3 Å². The summed E-state index contributed by atoms with van der Waals surface area (Å²) in [6.07, 6.45) is 2.13. The molecule has 0 radical (unpaired) electrons. The van der Waals surface area contributed by atoms with Crippen molar-refractivity contribution in [2.24, 2.45) is 23.3 Å². The quantitative estimate of drug-likeness (QED) is 0.143. The molecule has 11 heteroatoms. The third-order valence-electron chi connectivity index (χ3n) is 5.97. The van der Waals surface area contributed by atoms with Crippen LogP contribution in [0.1, 0.15) is 65.4 Å². The molecule has 0 bridgehead atoms. The maximum Gasteiger partial charge on any atom is 0.326 e. The first-order valence-corrected chi connectivity index (χ1v) is 13.2. The molecule has 0 aliphatic heterocycles. The summed E-state index contributed by atoms with van der Waals surface area (Å²) in [6, 6.07) is 2.14. The lowest BCUT2D eigenvalue weighted by molar-refractivity contribution is -0.142. The zero-order valence-electron chi connectivity index (χ0n) is 22.9. The molecule has 0 fully saturated rings. The molecule has 3 amide bonds. The number of nitrogens with two attached hydrogens (primary N) is 2. The minimum Gasteiger partial charge on any atom is -0.508 e. The lowest BCUT2D eigenvalue weighted by atomic mass is 9.99. The van der Waals surface area contributed by atoms with Crippen LogP contribution < -0.4 is 27.4 Å². The van der Waals surface area contributed by atoms with E-state index in [1.807, 2.05) is 27.7 Å². The first kappa shape index (κ1) is 32.8. The predicted molar refractivity (Wildman–Crippen MR) is 145 cm³/mol. The average molecular weight is 536 g/mol. The van der Waals surface area contributed by atoms with Crippen LogP contribution in [0.2, 0.25) is 0 Å². The summed E-state index contributed by atoms with van der Waals surface area (Å²) >= 11 is 0. The van der Waals surface area contributed by atoms with Crippen LogP contribution in [0.25, 0.3) is 0 Å². The Bertz CT molecular complexity index is 906. The standard InChI is InChI=1S/C27H45N5O6/c1-16(2)13-20(29)24(34)31-22(14-17(3)4)25(35)32-23(15-18-8-10-19(33)11-9-18)26(36)30-21(27(37)38)7-5-6-12-28/h8-11,16-17,20-23,33H,5-7,12-15,28-29H2,1-4H3,(H,30,36)(H,31,34)(H,32,35)(H,37,38). The number of unbranched alkanes of at least 4 members (excludes halogenated alkanes) is 1. The number of benzene rings is 1. The van der Waals surface area contributed by atoms with Gasteiger partial charge in [0, 0.05) is 6.42 Å². The van der Waals surface area contributed by atoms with Gasteiger partial charge < -0.3 is 37.6 Å². The van der Waals surface area contributed by atoms with E-state index >= 15 is 0 Å². The molecule has 4 unspecified atom stereocenters. The third kappa shape index (κ3) is 12.4. The highest BCUT2D eigenvalue weighted by Crippen LogP contribution is 2.13. The second-order valence-electron chi connectivity index (χ2n) is 10.5. The Kier molecular flexibility index (Phi) is 14.4. The molecule has 9 N–H and O–H groups in total. The molecular formula is C27H45N5O6. The van der Waals surface area contributed by atoms with Gasteiger partial charge in [-0.05, 0) is 68.2 Å². The Balaban J connectivity index is 3.13. The summed E-state index contributed by atoms with van der Waals surface area (Å²) < 4.78 is 0. The van der Waals surface area contributed by atoms with Crippen molar-refractivity contribution in [1.29, 1.82) is 0 Å². The Morgan fingerprint density at radius 3 is 1.84 bits per heavy atom. The highest BCUT2D eigenvalue weighted by Gasteiger charge is 2.31.